The van der Waals surface area contributed by atoms with Crippen molar-refractivity contribution in [3.05, 3.63) is 35.4 Å². The second-order valence-electron chi connectivity index (χ2n) is 5.35. The molecule has 0 aromatic heterocycles. The molecule has 0 radical (unpaired) electrons. The molecule has 1 aliphatic carbocycles. The van der Waals surface area contributed by atoms with Crippen molar-refractivity contribution in [2.75, 3.05) is 7.11 Å². The maximum absolute atomic E-state index is 12.5. The van der Waals surface area contributed by atoms with Crippen LogP contribution < -0.4 is 0 Å². The number of aliphatic hydroxyl groups is 1. The van der Waals surface area contributed by atoms with Crippen molar-refractivity contribution in [1.29, 1.82) is 0 Å². The summed E-state index contributed by atoms with van der Waals surface area (Å²) in [5.41, 5.74) is -0.900. The van der Waals surface area contributed by atoms with Crippen molar-refractivity contribution in [1.82, 2.24) is 0 Å². The Balaban J connectivity index is 2.21. The minimum Gasteiger partial charge on any atom is -0.385 e. The lowest BCUT2D eigenvalue weighted by Gasteiger charge is -2.40. The second-order valence-corrected chi connectivity index (χ2v) is 5.35. The Morgan fingerprint density at radius 1 is 1.10 bits per heavy atom. The molecule has 1 atom stereocenters. The number of hydrogen-bond acceptors (Lipinski definition) is 2. The largest absolute Gasteiger partial charge is 0.416 e. The summed E-state index contributed by atoms with van der Waals surface area (Å²) in [4.78, 5) is 0. The first kappa shape index (κ1) is 15.3. The summed E-state index contributed by atoms with van der Waals surface area (Å²) >= 11 is 0. The van der Waals surface area contributed by atoms with Crippen molar-refractivity contribution < 1.29 is 23.0 Å². The fourth-order valence-corrected chi connectivity index (χ4v) is 2.90. The molecule has 5 heteroatoms. The van der Waals surface area contributed by atoms with E-state index in [1.807, 2.05) is 0 Å². The Bertz CT molecular complexity index is 433. The lowest BCUT2D eigenvalue weighted by atomic mass is 9.78. The number of methoxy groups -OCH3 is 1. The highest BCUT2D eigenvalue weighted by Crippen LogP contribution is 2.41. The number of benzene rings is 1. The molecule has 0 aliphatic heterocycles. The van der Waals surface area contributed by atoms with Gasteiger partial charge in [-0.1, -0.05) is 31.4 Å². The van der Waals surface area contributed by atoms with Crippen LogP contribution in [0, 0.1) is 0 Å². The minimum absolute atomic E-state index is 0.474. The SMILES string of the molecule is COC1(C(O)c2ccc(C(F)(F)F)cc2)CCCCC1. The molecule has 1 aliphatic rings. The highest BCUT2D eigenvalue weighted by Gasteiger charge is 2.40. The summed E-state index contributed by atoms with van der Waals surface area (Å²) in [6, 6.07) is 4.68. The van der Waals surface area contributed by atoms with Crippen LogP contribution in [0.4, 0.5) is 13.2 Å². The van der Waals surface area contributed by atoms with Gasteiger partial charge in [-0.15, -0.1) is 0 Å². The second kappa shape index (κ2) is 5.74. The Morgan fingerprint density at radius 3 is 2.10 bits per heavy atom. The lowest BCUT2D eigenvalue weighted by Crippen LogP contribution is -2.40. The van der Waals surface area contributed by atoms with Gasteiger partial charge in [0, 0.05) is 7.11 Å². The van der Waals surface area contributed by atoms with Gasteiger partial charge in [0.05, 0.1) is 11.2 Å². The van der Waals surface area contributed by atoms with E-state index in [9.17, 15) is 18.3 Å². The van der Waals surface area contributed by atoms with Crippen LogP contribution in [0.25, 0.3) is 0 Å². The summed E-state index contributed by atoms with van der Waals surface area (Å²) in [5, 5.41) is 10.5. The molecular formula is C15H19F3O2. The first-order valence-electron chi connectivity index (χ1n) is 6.79. The average molecular weight is 288 g/mol. The van der Waals surface area contributed by atoms with Crippen molar-refractivity contribution in [3.63, 3.8) is 0 Å². The van der Waals surface area contributed by atoms with E-state index in [0.29, 0.717) is 5.56 Å². The third-order valence-electron chi connectivity index (χ3n) is 4.16. The Kier molecular flexibility index (Phi) is 4.39. The van der Waals surface area contributed by atoms with Gasteiger partial charge < -0.3 is 9.84 Å². The van der Waals surface area contributed by atoms with Gasteiger partial charge in [-0.3, -0.25) is 0 Å². The van der Waals surface area contributed by atoms with Gasteiger partial charge in [0.1, 0.15) is 6.10 Å². The molecule has 0 amide bonds. The standard InChI is InChI=1S/C15H19F3O2/c1-20-14(9-3-2-4-10-14)13(19)11-5-7-12(8-6-11)15(16,17)18/h5-8,13,19H,2-4,9-10H2,1H3. The molecule has 0 spiro atoms. The van der Waals surface area contributed by atoms with Crippen molar-refractivity contribution in [2.45, 2.75) is 50.0 Å². The van der Waals surface area contributed by atoms with E-state index >= 15 is 0 Å². The zero-order valence-electron chi connectivity index (χ0n) is 11.4. The maximum atomic E-state index is 12.5. The predicted octanol–water partition coefficient (Wildman–Crippen LogP) is 4.09. The molecule has 1 aromatic carbocycles. The fourth-order valence-electron chi connectivity index (χ4n) is 2.90. The highest BCUT2D eigenvalue weighted by molar-refractivity contribution is 5.27. The summed E-state index contributed by atoms with van der Waals surface area (Å²) in [6.45, 7) is 0. The molecule has 1 fully saturated rings. The molecule has 1 N–H and O–H groups in total. The van der Waals surface area contributed by atoms with Crippen molar-refractivity contribution in [2.24, 2.45) is 0 Å². The van der Waals surface area contributed by atoms with Gasteiger partial charge in [-0.05, 0) is 30.5 Å². The van der Waals surface area contributed by atoms with Crippen LogP contribution in [-0.2, 0) is 10.9 Å². The monoisotopic (exact) mass is 288 g/mol. The molecule has 1 unspecified atom stereocenters. The Labute approximate surface area is 116 Å². The number of ether oxygens (including phenoxy) is 1. The van der Waals surface area contributed by atoms with Crippen molar-refractivity contribution in [3.8, 4) is 0 Å². The van der Waals surface area contributed by atoms with Gasteiger partial charge in [-0.2, -0.15) is 13.2 Å². The first-order chi connectivity index (χ1) is 9.39. The van der Waals surface area contributed by atoms with E-state index in [1.54, 1.807) is 7.11 Å². The van der Waals surface area contributed by atoms with Gasteiger partial charge in [0.15, 0.2) is 0 Å². The third-order valence-corrected chi connectivity index (χ3v) is 4.16. The molecule has 2 nitrogen and oxygen atoms in total. The summed E-state index contributed by atoms with van der Waals surface area (Å²) in [7, 11) is 1.55. The highest BCUT2D eigenvalue weighted by atomic mass is 19.4. The smallest absolute Gasteiger partial charge is 0.385 e. The Hall–Kier alpha value is -1.07. The van der Waals surface area contributed by atoms with Crippen LogP contribution in [0.15, 0.2) is 24.3 Å². The molecule has 0 saturated heterocycles. The molecule has 2 rings (SSSR count). The van der Waals surface area contributed by atoms with E-state index < -0.39 is 23.4 Å². The van der Waals surface area contributed by atoms with Crippen LogP contribution in [0.2, 0.25) is 0 Å². The molecule has 112 valence electrons. The third kappa shape index (κ3) is 2.99. The van der Waals surface area contributed by atoms with Crippen LogP contribution in [-0.4, -0.2) is 17.8 Å². The quantitative estimate of drug-likeness (QED) is 0.907. The molecule has 20 heavy (non-hydrogen) atoms. The molecule has 0 bridgehead atoms. The van der Waals surface area contributed by atoms with Crippen LogP contribution in [0.3, 0.4) is 0 Å². The van der Waals surface area contributed by atoms with Gasteiger partial charge in [0.25, 0.3) is 0 Å². The van der Waals surface area contributed by atoms with Gasteiger partial charge in [0.2, 0.25) is 0 Å². The van der Waals surface area contributed by atoms with E-state index in [0.717, 1.165) is 44.2 Å². The van der Waals surface area contributed by atoms with Crippen LogP contribution in [0.5, 0.6) is 0 Å². The summed E-state index contributed by atoms with van der Waals surface area (Å²) in [6.07, 6.45) is -0.762. The van der Waals surface area contributed by atoms with Crippen molar-refractivity contribution >= 4 is 0 Å². The molecule has 0 heterocycles. The van der Waals surface area contributed by atoms with Gasteiger partial charge in [-0.25, -0.2) is 0 Å². The number of halogens is 3. The number of alkyl halides is 3. The summed E-state index contributed by atoms with van der Waals surface area (Å²) in [5.74, 6) is 0. The number of aliphatic hydroxyl groups excluding tert-OH is 1. The van der Waals surface area contributed by atoms with Gasteiger partial charge >= 0.3 is 6.18 Å². The fraction of sp³-hybridized carbons (Fsp3) is 0.600. The first-order valence-corrected chi connectivity index (χ1v) is 6.79. The average Bonchev–Trinajstić information content (AvgIpc) is 2.46. The van der Waals surface area contributed by atoms with Crippen LogP contribution >= 0.6 is 0 Å². The number of rotatable bonds is 3. The predicted molar refractivity (Wildman–Crippen MR) is 69.2 cm³/mol. The maximum Gasteiger partial charge on any atom is 0.416 e. The van der Waals surface area contributed by atoms with E-state index in [1.165, 1.54) is 12.1 Å². The van der Waals surface area contributed by atoms with Crippen LogP contribution in [0.1, 0.15) is 49.3 Å². The normalized spacial score (nSPS) is 20.6. The molecular weight excluding hydrogens is 269 g/mol. The van der Waals surface area contributed by atoms with E-state index in [4.69, 9.17) is 4.74 Å². The van der Waals surface area contributed by atoms with E-state index in [2.05, 4.69) is 0 Å². The summed E-state index contributed by atoms with van der Waals surface area (Å²) < 4.78 is 43.1. The zero-order valence-corrected chi connectivity index (χ0v) is 11.4. The minimum atomic E-state index is -4.35. The van der Waals surface area contributed by atoms with E-state index in [-0.39, 0.29) is 0 Å². The lowest BCUT2D eigenvalue weighted by molar-refractivity contribution is -0.137. The molecule has 1 aromatic rings. The molecule has 1 saturated carbocycles. The topological polar surface area (TPSA) is 29.5 Å². The number of hydrogen-bond donors (Lipinski definition) is 1. The Morgan fingerprint density at radius 2 is 1.65 bits per heavy atom. The zero-order chi connectivity index (χ0) is 14.8.